The number of aliphatic hydroxyl groups excluding tert-OH is 1. The van der Waals surface area contributed by atoms with E-state index in [1.165, 1.54) is 7.11 Å². The van der Waals surface area contributed by atoms with Crippen molar-refractivity contribution in [3.8, 4) is 0 Å². The summed E-state index contributed by atoms with van der Waals surface area (Å²) in [7, 11) is 1.37. The van der Waals surface area contributed by atoms with E-state index in [1.54, 1.807) is 13.8 Å². The third-order valence-corrected chi connectivity index (χ3v) is 2.87. The van der Waals surface area contributed by atoms with Crippen LogP contribution in [-0.2, 0) is 23.7 Å². The number of carbonyl (C=O) groups excluding carboxylic acids is 1. The molecule has 0 radical (unpaired) electrons. The standard InChI is InChI=1S/C10H17NO6/c1-10(2)16-5-4(12)9(14-3)15-7(8(11)13)6(5)17-10/h4-7,9,12H,1-3H3,(H2,11,13)/t4-,5-,6-,7+,9+/m1/s1. The van der Waals surface area contributed by atoms with Crippen LogP contribution >= 0.6 is 0 Å². The maximum absolute atomic E-state index is 11.3. The van der Waals surface area contributed by atoms with Gasteiger partial charge in [-0.1, -0.05) is 0 Å². The van der Waals surface area contributed by atoms with Crippen LogP contribution in [0.2, 0.25) is 0 Å². The number of fused-ring (bicyclic) bond motifs is 1. The normalized spacial score (nSPS) is 44.4. The van der Waals surface area contributed by atoms with Crippen molar-refractivity contribution in [1.29, 1.82) is 0 Å². The molecule has 2 rings (SSSR count). The summed E-state index contributed by atoms with van der Waals surface area (Å²) in [5.74, 6) is -1.56. The monoisotopic (exact) mass is 247 g/mol. The van der Waals surface area contributed by atoms with Crippen LogP contribution in [0.5, 0.6) is 0 Å². The summed E-state index contributed by atoms with van der Waals surface area (Å²) >= 11 is 0. The molecule has 1 amide bonds. The number of aliphatic hydroxyl groups is 1. The molecule has 0 aromatic carbocycles. The fraction of sp³-hybridized carbons (Fsp3) is 0.900. The van der Waals surface area contributed by atoms with E-state index >= 15 is 0 Å². The lowest BCUT2D eigenvalue weighted by Crippen LogP contribution is -2.60. The fourth-order valence-electron chi connectivity index (χ4n) is 2.20. The Morgan fingerprint density at radius 2 is 1.94 bits per heavy atom. The molecule has 7 nitrogen and oxygen atoms in total. The minimum absolute atomic E-state index is 0.671. The molecule has 5 atom stereocenters. The zero-order chi connectivity index (χ0) is 12.8. The van der Waals surface area contributed by atoms with Gasteiger partial charge in [-0.3, -0.25) is 4.79 Å². The third kappa shape index (κ3) is 2.16. The third-order valence-electron chi connectivity index (χ3n) is 2.87. The second-order valence-electron chi connectivity index (χ2n) is 4.62. The number of methoxy groups -OCH3 is 1. The van der Waals surface area contributed by atoms with E-state index in [4.69, 9.17) is 24.7 Å². The highest BCUT2D eigenvalue weighted by Crippen LogP contribution is 2.37. The van der Waals surface area contributed by atoms with Crippen LogP contribution in [0.25, 0.3) is 0 Å². The van der Waals surface area contributed by atoms with Gasteiger partial charge in [0.2, 0.25) is 5.91 Å². The Labute approximate surface area is 98.8 Å². The van der Waals surface area contributed by atoms with Gasteiger partial charge in [0.1, 0.15) is 18.3 Å². The van der Waals surface area contributed by atoms with E-state index in [2.05, 4.69) is 0 Å². The fourth-order valence-corrected chi connectivity index (χ4v) is 2.20. The van der Waals surface area contributed by atoms with E-state index in [0.29, 0.717) is 0 Å². The quantitative estimate of drug-likeness (QED) is 0.630. The predicted octanol–water partition coefficient (Wildman–Crippen LogP) is -1.28. The molecular weight excluding hydrogens is 230 g/mol. The molecule has 2 aliphatic rings. The average molecular weight is 247 g/mol. The molecule has 2 heterocycles. The number of rotatable bonds is 2. The van der Waals surface area contributed by atoms with Crippen LogP contribution < -0.4 is 5.73 Å². The van der Waals surface area contributed by atoms with Crippen molar-refractivity contribution in [2.24, 2.45) is 5.73 Å². The van der Waals surface area contributed by atoms with Crippen LogP contribution in [0.1, 0.15) is 13.8 Å². The Hall–Kier alpha value is -0.730. The first-order valence-corrected chi connectivity index (χ1v) is 5.37. The van der Waals surface area contributed by atoms with E-state index in [9.17, 15) is 9.90 Å². The van der Waals surface area contributed by atoms with Crippen LogP contribution in [-0.4, -0.2) is 54.6 Å². The first-order chi connectivity index (χ1) is 7.85. The van der Waals surface area contributed by atoms with Gasteiger partial charge >= 0.3 is 0 Å². The second-order valence-corrected chi connectivity index (χ2v) is 4.62. The minimum Gasteiger partial charge on any atom is -0.385 e. The topological polar surface area (TPSA) is 100 Å². The Bertz CT molecular complexity index is 320. The van der Waals surface area contributed by atoms with Gasteiger partial charge in [0.05, 0.1) is 0 Å². The Balaban J connectivity index is 2.25. The van der Waals surface area contributed by atoms with Crippen LogP contribution in [0.15, 0.2) is 0 Å². The second kappa shape index (κ2) is 4.18. The summed E-state index contributed by atoms with van der Waals surface area (Å²) in [5.41, 5.74) is 5.24. The van der Waals surface area contributed by atoms with Gasteiger partial charge in [-0.2, -0.15) is 0 Å². The highest BCUT2D eigenvalue weighted by molar-refractivity contribution is 5.80. The molecular formula is C10H17NO6. The molecule has 0 bridgehead atoms. The SMILES string of the molecule is CO[C@H]1O[C@H](C(N)=O)[C@@H]2OC(C)(C)O[C@@H]2[C@H]1O. The number of primary amides is 1. The van der Waals surface area contributed by atoms with Crippen LogP contribution in [0.4, 0.5) is 0 Å². The number of ether oxygens (including phenoxy) is 4. The maximum atomic E-state index is 11.3. The van der Waals surface area contributed by atoms with Crippen molar-refractivity contribution >= 4 is 5.91 Å². The van der Waals surface area contributed by atoms with E-state index in [1.807, 2.05) is 0 Å². The Kier molecular flexibility index (Phi) is 3.13. The zero-order valence-corrected chi connectivity index (χ0v) is 9.95. The summed E-state index contributed by atoms with van der Waals surface area (Å²) < 4.78 is 21.3. The molecule has 7 heteroatoms. The first kappa shape index (κ1) is 12.7. The lowest BCUT2D eigenvalue weighted by molar-refractivity contribution is -0.263. The summed E-state index contributed by atoms with van der Waals surface area (Å²) in [6, 6.07) is 0. The molecule has 0 saturated carbocycles. The number of amides is 1. The Morgan fingerprint density at radius 1 is 1.35 bits per heavy atom. The van der Waals surface area contributed by atoms with Gasteiger partial charge in [0, 0.05) is 7.11 Å². The molecule has 2 aliphatic heterocycles. The van der Waals surface area contributed by atoms with Gasteiger partial charge in [0.15, 0.2) is 18.2 Å². The predicted molar refractivity (Wildman–Crippen MR) is 54.7 cm³/mol. The van der Waals surface area contributed by atoms with Gasteiger partial charge in [-0.25, -0.2) is 0 Å². The van der Waals surface area contributed by atoms with Crippen molar-refractivity contribution in [2.75, 3.05) is 7.11 Å². The molecule has 2 fully saturated rings. The van der Waals surface area contributed by atoms with Gasteiger partial charge < -0.3 is 29.8 Å². The van der Waals surface area contributed by atoms with Crippen molar-refractivity contribution in [2.45, 2.75) is 50.3 Å². The highest BCUT2D eigenvalue weighted by Gasteiger charge is 2.56. The molecule has 0 aromatic rings. The zero-order valence-electron chi connectivity index (χ0n) is 9.95. The number of hydrogen-bond acceptors (Lipinski definition) is 6. The molecule has 0 spiro atoms. The van der Waals surface area contributed by atoms with Gasteiger partial charge in [0.25, 0.3) is 0 Å². The van der Waals surface area contributed by atoms with Crippen LogP contribution in [0.3, 0.4) is 0 Å². The smallest absolute Gasteiger partial charge is 0.249 e. The van der Waals surface area contributed by atoms with Crippen molar-refractivity contribution in [1.82, 2.24) is 0 Å². The molecule has 2 saturated heterocycles. The molecule has 0 aliphatic carbocycles. The molecule has 3 N–H and O–H groups in total. The lowest BCUT2D eigenvalue weighted by Gasteiger charge is -2.37. The summed E-state index contributed by atoms with van der Waals surface area (Å²) in [4.78, 5) is 11.3. The van der Waals surface area contributed by atoms with Crippen molar-refractivity contribution in [3.63, 3.8) is 0 Å². The lowest BCUT2D eigenvalue weighted by atomic mass is 9.98. The summed E-state index contributed by atoms with van der Waals surface area (Å²) in [6.45, 7) is 3.38. The molecule has 98 valence electrons. The van der Waals surface area contributed by atoms with Crippen molar-refractivity contribution < 1.29 is 28.8 Å². The van der Waals surface area contributed by atoms with E-state index in [-0.39, 0.29) is 0 Å². The Morgan fingerprint density at radius 3 is 2.47 bits per heavy atom. The van der Waals surface area contributed by atoms with E-state index < -0.39 is 42.4 Å². The minimum atomic E-state index is -1.03. The van der Waals surface area contributed by atoms with Crippen LogP contribution in [0, 0.1) is 0 Å². The number of hydrogen-bond donors (Lipinski definition) is 2. The summed E-state index contributed by atoms with van der Waals surface area (Å²) in [5, 5.41) is 9.96. The molecule has 0 aromatic heterocycles. The number of nitrogens with two attached hydrogens (primary N) is 1. The van der Waals surface area contributed by atoms with Crippen molar-refractivity contribution in [3.05, 3.63) is 0 Å². The average Bonchev–Trinajstić information content (AvgIpc) is 2.54. The maximum Gasteiger partial charge on any atom is 0.249 e. The molecule has 17 heavy (non-hydrogen) atoms. The largest absolute Gasteiger partial charge is 0.385 e. The first-order valence-electron chi connectivity index (χ1n) is 5.37. The molecule has 0 unspecified atom stereocenters. The van der Waals surface area contributed by atoms with Gasteiger partial charge in [-0.15, -0.1) is 0 Å². The van der Waals surface area contributed by atoms with E-state index in [0.717, 1.165) is 0 Å². The highest BCUT2D eigenvalue weighted by atomic mass is 16.8. The number of carbonyl (C=O) groups is 1. The van der Waals surface area contributed by atoms with Gasteiger partial charge in [-0.05, 0) is 13.8 Å². The summed E-state index contributed by atoms with van der Waals surface area (Å²) in [6.07, 6.45) is -4.38.